The van der Waals surface area contributed by atoms with Gasteiger partial charge in [0.15, 0.2) is 0 Å². The van der Waals surface area contributed by atoms with Crippen molar-refractivity contribution in [3.05, 3.63) is 23.3 Å². The van der Waals surface area contributed by atoms with Crippen molar-refractivity contribution in [1.82, 2.24) is 0 Å². The molecule has 2 rings (SSSR count). The first-order valence-corrected chi connectivity index (χ1v) is 5.26. The number of carbonyl (C=O) groups is 1. The minimum Gasteiger partial charge on any atom is -0.497 e. The molecule has 1 aromatic rings. The van der Waals surface area contributed by atoms with Crippen LogP contribution in [0.25, 0.3) is 0 Å². The number of hydrogen-bond acceptors (Lipinski definition) is 5. The van der Waals surface area contributed by atoms with E-state index in [9.17, 15) is 4.79 Å². The third kappa shape index (κ3) is 2.06. The quantitative estimate of drug-likeness (QED) is 0.788. The molecule has 0 saturated carbocycles. The van der Waals surface area contributed by atoms with Crippen LogP contribution in [0, 0.1) is 0 Å². The van der Waals surface area contributed by atoms with Gasteiger partial charge in [-0.05, 0) is 11.6 Å². The molecule has 5 nitrogen and oxygen atoms in total. The van der Waals surface area contributed by atoms with Crippen LogP contribution in [0.15, 0.2) is 12.1 Å². The van der Waals surface area contributed by atoms with E-state index >= 15 is 0 Å². The van der Waals surface area contributed by atoms with Crippen LogP contribution in [0.1, 0.15) is 15.9 Å². The number of hydrogen-bond donors (Lipinski definition) is 1. The minimum absolute atomic E-state index is 0.190. The van der Waals surface area contributed by atoms with Crippen molar-refractivity contribution in [3.63, 3.8) is 0 Å². The van der Waals surface area contributed by atoms with E-state index in [1.54, 1.807) is 19.2 Å². The number of rotatable bonds is 3. The zero-order valence-electron chi connectivity index (χ0n) is 9.73. The number of cyclic esters (lactones) is 1. The van der Waals surface area contributed by atoms with Crippen LogP contribution < -0.4 is 9.47 Å². The maximum absolute atomic E-state index is 11.8. The number of esters is 1. The predicted molar refractivity (Wildman–Crippen MR) is 59.5 cm³/mol. The summed E-state index contributed by atoms with van der Waals surface area (Å²) in [6.07, 6.45) is -0.0303. The molecule has 0 amide bonds. The van der Waals surface area contributed by atoms with E-state index < -0.39 is 12.1 Å². The van der Waals surface area contributed by atoms with Crippen molar-refractivity contribution in [3.8, 4) is 11.5 Å². The van der Waals surface area contributed by atoms with Gasteiger partial charge in [0.05, 0.1) is 20.8 Å². The molecule has 0 spiro atoms. The van der Waals surface area contributed by atoms with E-state index in [0.29, 0.717) is 23.5 Å². The van der Waals surface area contributed by atoms with Crippen LogP contribution in [-0.4, -0.2) is 38.0 Å². The number of ether oxygens (including phenoxy) is 3. The van der Waals surface area contributed by atoms with E-state index in [0.717, 1.165) is 5.56 Å². The van der Waals surface area contributed by atoms with Gasteiger partial charge in [-0.3, -0.25) is 0 Å². The molecule has 1 aliphatic heterocycles. The highest BCUT2D eigenvalue weighted by Crippen LogP contribution is 2.33. The SMILES string of the molecule is COc1cc2c(c(OC)c1)C(=O)O[C@@H](CO)C2. The fraction of sp³-hybridized carbons (Fsp3) is 0.417. The lowest BCUT2D eigenvalue weighted by Gasteiger charge is -2.24. The Hall–Kier alpha value is -1.75. The number of aliphatic hydroxyl groups excluding tert-OH is 1. The highest BCUT2D eigenvalue weighted by molar-refractivity contribution is 5.95. The lowest BCUT2D eigenvalue weighted by molar-refractivity contribution is 0.00894. The van der Waals surface area contributed by atoms with Gasteiger partial charge in [0.1, 0.15) is 23.2 Å². The lowest BCUT2D eigenvalue weighted by Crippen LogP contribution is -2.30. The molecule has 1 aromatic carbocycles. The Morgan fingerprint density at radius 2 is 2.18 bits per heavy atom. The highest BCUT2D eigenvalue weighted by atomic mass is 16.6. The number of methoxy groups -OCH3 is 2. The average Bonchev–Trinajstić information content (AvgIpc) is 2.36. The molecule has 1 heterocycles. The van der Waals surface area contributed by atoms with Gasteiger partial charge < -0.3 is 19.3 Å². The second-order valence-corrected chi connectivity index (χ2v) is 3.78. The smallest absolute Gasteiger partial charge is 0.342 e. The molecule has 0 aromatic heterocycles. The number of benzene rings is 1. The molecule has 1 aliphatic rings. The fourth-order valence-electron chi connectivity index (χ4n) is 1.92. The zero-order chi connectivity index (χ0) is 12.4. The number of carbonyl (C=O) groups excluding carboxylic acids is 1. The monoisotopic (exact) mass is 238 g/mol. The van der Waals surface area contributed by atoms with Crippen molar-refractivity contribution in [1.29, 1.82) is 0 Å². The Balaban J connectivity index is 2.50. The van der Waals surface area contributed by atoms with Crippen molar-refractivity contribution in [2.45, 2.75) is 12.5 Å². The van der Waals surface area contributed by atoms with Crippen molar-refractivity contribution >= 4 is 5.97 Å². The summed E-state index contributed by atoms with van der Waals surface area (Å²) in [5.41, 5.74) is 1.19. The third-order valence-electron chi connectivity index (χ3n) is 2.74. The van der Waals surface area contributed by atoms with Crippen molar-refractivity contribution in [2.75, 3.05) is 20.8 Å². The van der Waals surface area contributed by atoms with Crippen LogP contribution in [0.4, 0.5) is 0 Å². The molecule has 0 fully saturated rings. The summed E-state index contributed by atoms with van der Waals surface area (Å²) in [5, 5.41) is 9.05. The van der Waals surface area contributed by atoms with Gasteiger partial charge in [-0.25, -0.2) is 4.79 Å². The normalized spacial score (nSPS) is 18.3. The van der Waals surface area contributed by atoms with Gasteiger partial charge in [-0.15, -0.1) is 0 Å². The molecule has 5 heteroatoms. The Kier molecular flexibility index (Phi) is 3.19. The maximum Gasteiger partial charge on any atom is 0.342 e. The molecule has 92 valence electrons. The summed E-state index contributed by atoms with van der Waals surface area (Å²) in [6.45, 7) is -0.190. The third-order valence-corrected chi connectivity index (χ3v) is 2.74. The predicted octanol–water partition coefficient (Wildman–Crippen LogP) is 0.778. The van der Waals surface area contributed by atoms with Gasteiger partial charge >= 0.3 is 5.97 Å². The number of fused-ring (bicyclic) bond motifs is 1. The van der Waals surface area contributed by atoms with Crippen molar-refractivity contribution in [2.24, 2.45) is 0 Å². The van der Waals surface area contributed by atoms with Gasteiger partial charge in [-0.1, -0.05) is 0 Å². The summed E-state index contributed by atoms with van der Waals surface area (Å²) < 4.78 is 15.4. The second kappa shape index (κ2) is 4.63. The standard InChI is InChI=1S/C12H14O5/c1-15-8-3-7-4-9(6-13)17-12(14)11(7)10(5-8)16-2/h3,5,9,13H,4,6H2,1-2H3/t9-/m1/s1. The summed E-state index contributed by atoms with van der Waals surface area (Å²) in [5.74, 6) is 0.581. The van der Waals surface area contributed by atoms with Gasteiger partial charge in [0.2, 0.25) is 0 Å². The van der Waals surface area contributed by atoms with Crippen LogP contribution in [0.3, 0.4) is 0 Å². The molecular weight excluding hydrogens is 224 g/mol. The van der Waals surface area contributed by atoms with E-state index in [1.807, 2.05) is 0 Å². The van der Waals surface area contributed by atoms with Crippen LogP contribution in [-0.2, 0) is 11.2 Å². The molecule has 0 aliphatic carbocycles. The first kappa shape index (κ1) is 11.7. The Labute approximate surface area is 98.9 Å². The molecule has 0 radical (unpaired) electrons. The fourth-order valence-corrected chi connectivity index (χ4v) is 1.92. The molecule has 0 saturated heterocycles. The molecule has 17 heavy (non-hydrogen) atoms. The minimum atomic E-state index is -0.494. The topological polar surface area (TPSA) is 65.0 Å². The zero-order valence-corrected chi connectivity index (χ0v) is 9.73. The second-order valence-electron chi connectivity index (χ2n) is 3.78. The number of aliphatic hydroxyl groups is 1. The summed E-state index contributed by atoms with van der Waals surface area (Å²) in [7, 11) is 3.03. The Morgan fingerprint density at radius 1 is 1.41 bits per heavy atom. The first-order chi connectivity index (χ1) is 8.19. The van der Waals surface area contributed by atoms with E-state index in [2.05, 4.69) is 0 Å². The maximum atomic E-state index is 11.8. The van der Waals surface area contributed by atoms with Crippen LogP contribution in [0.2, 0.25) is 0 Å². The van der Waals surface area contributed by atoms with Crippen molar-refractivity contribution < 1.29 is 24.1 Å². The molecular formula is C12H14O5. The van der Waals surface area contributed by atoms with Gasteiger partial charge in [0, 0.05) is 12.5 Å². The highest BCUT2D eigenvalue weighted by Gasteiger charge is 2.29. The molecule has 0 unspecified atom stereocenters. The Bertz CT molecular complexity index is 441. The van der Waals surface area contributed by atoms with Crippen LogP contribution >= 0.6 is 0 Å². The van der Waals surface area contributed by atoms with E-state index in [-0.39, 0.29) is 6.61 Å². The molecule has 0 bridgehead atoms. The Morgan fingerprint density at radius 3 is 2.76 bits per heavy atom. The lowest BCUT2D eigenvalue weighted by atomic mass is 9.97. The van der Waals surface area contributed by atoms with E-state index in [1.165, 1.54) is 7.11 Å². The molecule has 1 N–H and O–H groups in total. The molecule has 1 atom stereocenters. The van der Waals surface area contributed by atoms with E-state index in [4.69, 9.17) is 19.3 Å². The largest absolute Gasteiger partial charge is 0.497 e. The van der Waals surface area contributed by atoms with Crippen LogP contribution in [0.5, 0.6) is 11.5 Å². The average molecular weight is 238 g/mol. The summed E-state index contributed by atoms with van der Waals surface area (Å²) in [4.78, 5) is 11.8. The first-order valence-electron chi connectivity index (χ1n) is 5.26. The summed E-state index contributed by atoms with van der Waals surface area (Å²) >= 11 is 0. The summed E-state index contributed by atoms with van der Waals surface area (Å²) in [6, 6.07) is 3.40. The van der Waals surface area contributed by atoms with Gasteiger partial charge in [0.25, 0.3) is 0 Å². The van der Waals surface area contributed by atoms with Gasteiger partial charge in [-0.2, -0.15) is 0 Å².